The average Bonchev–Trinajstić information content (AvgIpc) is 2.90. The third-order valence-electron chi connectivity index (χ3n) is 2.81. The molecule has 22 heavy (non-hydrogen) atoms. The zero-order chi connectivity index (χ0) is 16.9. The number of hydrogen-bond donors (Lipinski definition) is 1. The molecule has 7 heteroatoms. The van der Waals surface area contributed by atoms with Crippen LogP contribution in [-0.2, 0) is 0 Å². The van der Waals surface area contributed by atoms with Crippen molar-refractivity contribution in [2.45, 2.75) is 20.8 Å². The van der Waals surface area contributed by atoms with Crippen molar-refractivity contribution < 1.29 is 24.0 Å². The van der Waals surface area contributed by atoms with E-state index in [4.69, 9.17) is 14.3 Å². The monoisotopic (exact) mass is 307 g/mol. The summed E-state index contributed by atoms with van der Waals surface area (Å²) in [6.45, 7) is 5.51. The number of benzene rings is 1. The van der Waals surface area contributed by atoms with Gasteiger partial charge in [-0.3, -0.25) is 10.1 Å². The summed E-state index contributed by atoms with van der Waals surface area (Å²) in [5, 5.41) is 19.9. The van der Waals surface area contributed by atoms with Crippen molar-refractivity contribution in [1.29, 1.82) is 0 Å². The Balaban J connectivity index is 0.00000116. The van der Waals surface area contributed by atoms with Crippen LogP contribution in [-0.4, -0.2) is 23.1 Å². The first-order chi connectivity index (χ1) is 10.5. The summed E-state index contributed by atoms with van der Waals surface area (Å²) in [5.74, 6) is -0.661. The maximum atomic E-state index is 11.0. The molecule has 7 nitrogen and oxygen atoms in total. The molecule has 0 spiro atoms. The van der Waals surface area contributed by atoms with Crippen molar-refractivity contribution in [3.05, 3.63) is 45.7 Å². The molecule has 0 unspecified atom stereocenters. The van der Waals surface area contributed by atoms with Crippen molar-refractivity contribution in [2.75, 3.05) is 7.11 Å². The van der Waals surface area contributed by atoms with Crippen molar-refractivity contribution in [2.24, 2.45) is 0 Å². The fourth-order valence-electron chi connectivity index (χ4n) is 1.90. The fraction of sp³-hybridized carbons (Fsp3) is 0.267. The first-order valence-corrected chi connectivity index (χ1v) is 6.61. The molecule has 0 aliphatic rings. The fourth-order valence-corrected chi connectivity index (χ4v) is 1.90. The van der Waals surface area contributed by atoms with E-state index in [0.29, 0.717) is 5.56 Å². The van der Waals surface area contributed by atoms with Crippen LogP contribution in [0.3, 0.4) is 0 Å². The minimum absolute atomic E-state index is 0.00793. The number of aryl methyl sites for hydroxylation is 1. The summed E-state index contributed by atoms with van der Waals surface area (Å²) in [7, 11) is 1.31. The van der Waals surface area contributed by atoms with Crippen LogP contribution in [0.15, 0.2) is 28.7 Å². The zero-order valence-corrected chi connectivity index (χ0v) is 12.7. The Kier molecular flexibility index (Phi) is 5.68. The van der Waals surface area contributed by atoms with Gasteiger partial charge in [-0.05, 0) is 19.1 Å². The SMILES string of the molecule is CC.COc1c(-c2cc(C(=O)O)c(C)o2)cccc1[N+](=O)[O-]. The van der Waals surface area contributed by atoms with Gasteiger partial charge in [-0.1, -0.05) is 19.9 Å². The van der Waals surface area contributed by atoms with Gasteiger partial charge in [0, 0.05) is 6.07 Å². The van der Waals surface area contributed by atoms with Crippen LogP contribution in [0.4, 0.5) is 5.69 Å². The highest BCUT2D eigenvalue weighted by atomic mass is 16.6. The normalized spacial score (nSPS) is 9.64. The van der Waals surface area contributed by atoms with E-state index in [1.54, 1.807) is 6.07 Å². The Bertz CT molecular complexity index is 689. The molecule has 0 radical (unpaired) electrons. The summed E-state index contributed by atoms with van der Waals surface area (Å²) in [5.41, 5.74) is 0.127. The number of para-hydroxylation sites is 1. The van der Waals surface area contributed by atoms with Crippen LogP contribution in [0, 0.1) is 17.0 Å². The minimum Gasteiger partial charge on any atom is -0.490 e. The van der Waals surface area contributed by atoms with Gasteiger partial charge in [0.2, 0.25) is 5.75 Å². The van der Waals surface area contributed by atoms with Gasteiger partial charge in [0.05, 0.1) is 17.6 Å². The molecule has 0 saturated heterocycles. The number of carbonyl (C=O) groups is 1. The van der Waals surface area contributed by atoms with E-state index in [2.05, 4.69) is 0 Å². The zero-order valence-electron chi connectivity index (χ0n) is 12.7. The van der Waals surface area contributed by atoms with Gasteiger partial charge in [-0.15, -0.1) is 0 Å². The number of carboxylic acid groups (broad SMARTS) is 1. The Labute approximate surface area is 127 Å². The smallest absolute Gasteiger partial charge is 0.339 e. The number of carboxylic acids is 1. The van der Waals surface area contributed by atoms with Crippen LogP contribution in [0.25, 0.3) is 11.3 Å². The highest BCUT2D eigenvalue weighted by molar-refractivity contribution is 5.90. The lowest BCUT2D eigenvalue weighted by Gasteiger charge is -2.06. The standard InChI is InChI=1S/C13H11NO6.C2H6/c1-7-9(13(15)16)6-11(20-7)8-4-3-5-10(14(17)18)12(8)19-2;1-2/h3-6H,1-2H3,(H,15,16);1-2H3. The van der Waals surface area contributed by atoms with Crippen LogP contribution in [0.2, 0.25) is 0 Å². The van der Waals surface area contributed by atoms with E-state index in [1.807, 2.05) is 13.8 Å². The van der Waals surface area contributed by atoms with Crippen LogP contribution < -0.4 is 4.74 Å². The van der Waals surface area contributed by atoms with Gasteiger partial charge in [0.25, 0.3) is 0 Å². The number of aromatic carboxylic acids is 1. The van der Waals surface area contributed by atoms with Crippen molar-refractivity contribution in [3.63, 3.8) is 0 Å². The highest BCUT2D eigenvalue weighted by Gasteiger charge is 2.23. The van der Waals surface area contributed by atoms with Gasteiger partial charge >= 0.3 is 11.7 Å². The Morgan fingerprint density at radius 1 is 1.36 bits per heavy atom. The molecule has 0 saturated carbocycles. The van der Waals surface area contributed by atoms with E-state index in [9.17, 15) is 14.9 Å². The van der Waals surface area contributed by atoms with Crippen LogP contribution in [0.1, 0.15) is 30.0 Å². The second kappa shape index (κ2) is 7.26. The predicted molar refractivity (Wildman–Crippen MR) is 80.4 cm³/mol. The van der Waals surface area contributed by atoms with Gasteiger partial charge in [0.1, 0.15) is 17.1 Å². The van der Waals surface area contributed by atoms with Crippen molar-refractivity contribution in [3.8, 4) is 17.1 Å². The largest absolute Gasteiger partial charge is 0.490 e. The molecule has 0 atom stereocenters. The molecule has 0 aliphatic heterocycles. The van der Waals surface area contributed by atoms with Crippen LogP contribution >= 0.6 is 0 Å². The Hall–Kier alpha value is -2.83. The molecule has 118 valence electrons. The number of hydrogen-bond acceptors (Lipinski definition) is 5. The predicted octanol–water partition coefficient (Wildman–Crippen LogP) is 3.90. The molecular weight excluding hydrogens is 290 g/mol. The van der Waals surface area contributed by atoms with Gasteiger partial charge in [-0.25, -0.2) is 4.79 Å². The summed E-state index contributed by atoms with van der Waals surface area (Å²) in [6, 6.07) is 5.67. The van der Waals surface area contributed by atoms with Crippen molar-refractivity contribution in [1.82, 2.24) is 0 Å². The lowest BCUT2D eigenvalue weighted by molar-refractivity contribution is -0.385. The molecule has 1 N–H and O–H groups in total. The lowest BCUT2D eigenvalue weighted by atomic mass is 10.1. The molecule has 0 aliphatic carbocycles. The maximum absolute atomic E-state index is 11.0. The first-order valence-electron chi connectivity index (χ1n) is 6.61. The summed E-state index contributed by atoms with van der Waals surface area (Å²) in [4.78, 5) is 21.4. The number of nitro benzene ring substituents is 1. The number of nitrogens with zero attached hydrogens (tertiary/aromatic N) is 1. The second-order valence-corrected chi connectivity index (χ2v) is 4.00. The quantitative estimate of drug-likeness (QED) is 0.678. The molecule has 0 fully saturated rings. The number of methoxy groups -OCH3 is 1. The molecule has 1 aromatic heterocycles. The van der Waals surface area contributed by atoms with Crippen LogP contribution in [0.5, 0.6) is 5.75 Å². The van der Waals surface area contributed by atoms with Gasteiger partial charge in [0.15, 0.2) is 0 Å². The molecule has 2 rings (SSSR count). The number of nitro groups is 1. The molecule has 0 bridgehead atoms. The molecule has 2 aromatic rings. The van der Waals surface area contributed by atoms with Gasteiger partial charge in [-0.2, -0.15) is 0 Å². The molecule has 0 amide bonds. The van der Waals surface area contributed by atoms with E-state index in [-0.39, 0.29) is 28.5 Å². The summed E-state index contributed by atoms with van der Waals surface area (Å²) in [6.07, 6.45) is 0. The Morgan fingerprint density at radius 3 is 2.45 bits per heavy atom. The topological polar surface area (TPSA) is 103 Å². The lowest BCUT2D eigenvalue weighted by Crippen LogP contribution is -1.96. The summed E-state index contributed by atoms with van der Waals surface area (Å²) < 4.78 is 10.4. The maximum Gasteiger partial charge on any atom is 0.339 e. The third kappa shape index (κ3) is 3.25. The number of rotatable bonds is 4. The van der Waals surface area contributed by atoms with Crippen molar-refractivity contribution >= 4 is 11.7 Å². The highest BCUT2D eigenvalue weighted by Crippen LogP contribution is 2.38. The van der Waals surface area contributed by atoms with E-state index < -0.39 is 10.9 Å². The second-order valence-electron chi connectivity index (χ2n) is 4.00. The Morgan fingerprint density at radius 2 is 2.00 bits per heavy atom. The third-order valence-corrected chi connectivity index (χ3v) is 2.81. The minimum atomic E-state index is -1.12. The van der Waals surface area contributed by atoms with E-state index >= 15 is 0 Å². The first kappa shape index (κ1) is 17.2. The molecular formula is C15H17NO6. The number of ether oxygens (including phenoxy) is 1. The molecule has 1 aromatic carbocycles. The summed E-state index contributed by atoms with van der Waals surface area (Å²) >= 11 is 0. The van der Waals surface area contributed by atoms with E-state index in [1.165, 1.54) is 32.2 Å². The molecule has 1 heterocycles. The van der Waals surface area contributed by atoms with Gasteiger partial charge < -0.3 is 14.3 Å². The van der Waals surface area contributed by atoms with E-state index in [0.717, 1.165) is 0 Å². The number of furan rings is 1. The average molecular weight is 307 g/mol.